The maximum Gasteiger partial charge on any atom is 0.238 e. The lowest BCUT2D eigenvalue weighted by molar-refractivity contribution is 0.598. The van der Waals surface area contributed by atoms with Gasteiger partial charge in [0.05, 0.1) is 4.90 Å². The number of benzene rings is 2. The van der Waals surface area contributed by atoms with Gasteiger partial charge in [0.1, 0.15) is 0 Å². The number of aliphatic imine (C=N–C) groups is 1. The van der Waals surface area contributed by atoms with E-state index >= 15 is 0 Å². The molecule has 0 amide bonds. The third-order valence-corrected chi connectivity index (χ3v) is 5.82. The second-order valence-corrected chi connectivity index (χ2v) is 8.52. The van der Waals surface area contributed by atoms with Crippen molar-refractivity contribution < 1.29 is 8.42 Å². The van der Waals surface area contributed by atoms with E-state index in [9.17, 15) is 8.42 Å². The lowest BCUT2D eigenvalue weighted by atomic mass is 10.1. The van der Waals surface area contributed by atoms with Gasteiger partial charge in [0, 0.05) is 25.0 Å². The molecule has 0 radical (unpaired) electrons. The van der Waals surface area contributed by atoms with Gasteiger partial charge in [-0.2, -0.15) is 0 Å². The summed E-state index contributed by atoms with van der Waals surface area (Å²) >= 11 is 1.73. The largest absolute Gasteiger partial charge is 0.356 e. The molecule has 2 rings (SSSR count). The monoisotopic (exact) mass is 534 g/mol. The van der Waals surface area contributed by atoms with Gasteiger partial charge < -0.3 is 10.6 Å². The average Bonchev–Trinajstić information content (AvgIpc) is 2.64. The van der Waals surface area contributed by atoms with Gasteiger partial charge in [-0.1, -0.05) is 24.3 Å². The van der Waals surface area contributed by atoms with Gasteiger partial charge in [-0.25, -0.2) is 13.6 Å². The number of guanidine groups is 1. The first kappa shape index (κ1) is 24.7. The summed E-state index contributed by atoms with van der Waals surface area (Å²) in [7, 11) is -1.91. The number of nitrogens with one attached hydrogen (secondary N) is 2. The van der Waals surface area contributed by atoms with E-state index in [1.54, 1.807) is 30.9 Å². The molecule has 0 saturated heterocycles. The van der Waals surface area contributed by atoms with Crippen molar-refractivity contribution in [1.82, 2.24) is 10.6 Å². The maximum absolute atomic E-state index is 11.3. The molecule has 0 fully saturated rings. The topological polar surface area (TPSA) is 96.6 Å². The third-order valence-electron chi connectivity index (χ3n) is 4.07. The highest BCUT2D eigenvalue weighted by Gasteiger charge is 2.07. The maximum atomic E-state index is 11.3. The van der Waals surface area contributed by atoms with E-state index in [-0.39, 0.29) is 28.9 Å². The van der Waals surface area contributed by atoms with E-state index in [1.807, 2.05) is 0 Å². The lowest BCUT2D eigenvalue weighted by Gasteiger charge is -2.14. The number of halogens is 1. The number of hydrogen-bond acceptors (Lipinski definition) is 4. The molecule has 154 valence electrons. The van der Waals surface area contributed by atoms with E-state index in [1.165, 1.54) is 28.2 Å². The fourth-order valence-electron chi connectivity index (χ4n) is 2.57. The molecule has 9 heteroatoms. The standard InChI is InChI=1S/C19H26N4O2S2.HI/c1-14-4-7-16(18(12-14)26-3)13-23-19(21-2)22-11-10-15-5-8-17(9-6-15)27(20,24)25;/h4-9,12H,10-11,13H2,1-3H3,(H2,20,24,25)(H2,21,22,23);1H. The number of nitrogens with zero attached hydrogens (tertiary/aromatic N) is 1. The molecule has 0 unspecified atom stereocenters. The Balaban J connectivity index is 0.00000392. The molecule has 2 aromatic rings. The van der Waals surface area contributed by atoms with Crippen molar-refractivity contribution in [3.63, 3.8) is 0 Å². The summed E-state index contributed by atoms with van der Waals surface area (Å²) in [6, 6.07) is 13.0. The van der Waals surface area contributed by atoms with Crippen LogP contribution in [0.25, 0.3) is 0 Å². The summed E-state index contributed by atoms with van der Waals surface area (Å²) < 4.78 is 22.6. The van der Waals surface area contributed by atoms with Crippen LogP contribution in [0, 0.1) is 6.92 Å². The van der Waals surface area contributed by atoms with Crippen LogP contribution < -0.4 is 15.8 Å². The van der Waals surface area contributed by atoms with Crippen LogP contribution in [0.1, 0.15) is 16.7 Å². The van der Waals surface area contributed by atoms with E-state index in [2.05, 4.69) is 47.0 Å². The lowest BCUT2D eigenvalue weighted by Crippen LogP contribution is -2.37. The molecule has 0 aliphatic carbocycles. The minimum Gasteiger partial charge on any atom is -0.356 e. The molecule has 0 aliphatic heterocycles. The molecular formula is C19H27IN4O2S2. The Morgan fingerprint density at radius 1 is 1.14 bits per heavy atom. The van der Waals surface area contributed by atoms with E-state index in [4.69, 9.17) is 5.14 Å². The van der Waals surface area contributed by atoms with Crippen molar-refractivity contribution in [3.8, 4) is 0 Å². The number of thioether (sulfide) groups is 1. The van der Waals surface area contributed by atoms with Gasteiger partial charge in [0.2, 0.25) is 10.0 Å². The Kier molecular flexibility index (Phi) is 10.3. The molecule has 4 N–H and O–H groups in total. The Morgan fingerprint density at radius 2 is 1.82 bits per heavy atom. The van der Waals surface area contributed by atoms with Crippen molar-refractivity contribution in [2.75, 3.05) is 19.8 Å². The predicted molar refractivity (Wildman–Crippen MR) is 128 cm³/mol. The highest BCUT2D eigenvalue weighted by molar-refractivity contribution is 14.0. The zero-order valence-corrected chi connectivity index (χ0v) is 20.2. The van der Waals surface area contributed by atoms with Crippen LogP contribution in [0.15, 0.2) is 57.2 Å². The molecule has 0 bridgehead atoms. The zero-order valence-electron chi connectivity index (χ0n) is 16.2. The van der Waals surface area contributed by atoms with Gasteiger partial charge in [0.25, 0.3) is 0 Å². The van der Waals surface area contributed by atoms with Crippen molar-refractivity contribution >= 4 is 51.7 Å². The molecule has 0 spiro atoms. The first-order chi connectivity index (χ1) is 12.8. The Morgan fingerprint density at radius 3 is 2.39 bits per heavy atom. The number of sulfonamides is 1. The van der Waals surface area contributed by atoms with Crippen molar-refractivity contribution in [2.45, 2.75) is 29.7 Å². The fraction of sp³-hybridized carbons (Fsp3) is 0.316. The summed E-state index contributed by atoms with van der Waals surface area (Å²) in [5, 5.41) is 11.7. The summed E-state index contributed by atoms with van der Waals surface area (Å²) in [5.41, 5.74) is 3.50. The highest BCUT2D eigenvalue weighted by Crippen LogP contribution is 2.21. The molecule has 6 nitrogen and oxygen atoms in total. The molecule has 0 aliphatic rings. The second-order valence-electron chi connectivity index (χ2n) is 6.11. The van der Waals surface area contributed by atoms with Gasteiger partial charge in [-0.15, -0.1) is 35.7 Å². The summed E-state index contributed by atoms with van der Waals surface area (Å²) in [6.45, 7) is 3.46. The van der Waals surface area contributed by atoms with Crippen LogP contribution >= 0.6 is 35.7 Å². The number of primary sulfonamides is 1. The number of nitrogens with two attached hydrogens (primary N) is 1. The first-order valence-corrected chi connectivity index (χ1v) is 11.3. The summed E-state index contributed by atoms with van der Waals surface area (Å²) in [4.78, 5) is 5.63. The summed E-state index contributed by atoms with van der Waals surface area (Å²) in [5.74, 6) is 0.726. The van der Waals surface area contributed by atoms with Gasteiger partial charge in [0.15, 0.2) is 5.96 Å². The Labute approximate surface area is 188 Å². The van der Waals surface area contributed by atoms with Crippen LogP contribution in [-0.2, 0) is 23.0 Å². The fourth-order valence-corrected chi connectivity index (χ4v) is 3.79. The smallest absolute Gasteiger partial charge is 0.238 e. The van der Waals surface area contributed by atoms with Gasteiger partial charge >= 0.3 is 0 Å². The normalized spacial score (nSPS) is 11.6. The SMILES string of the molecule is CN=C(NCCc1ccc(S(N)(=O)=O)cc1)NCc1ccc(C)cc1SC.I. The van der Waals surface area contributed by atoms with E-state index in [0.29, 0.717) is 13.1 Å². The zero-order chi connectivity index (χ0) is 19.9. The molecule has 28 heavy (non-hydrogen) atoms. The number of aryl methyl sites for hydroxylation is 1. The minimum atomic E-state index is -3.65. The van der Waals surface area contributed by atoms with Gasteiger partial charge in [-0.3, -0.25) is 4.99 Å². The predicted octanol–water partition coefficient (Wildman–Crippen LogP) is 2.89. The van der Waals surface area contributed by atoms with E-state index < -0.39 is 10.0 Å². The van der Waals surface area contributed by atoms with Gasteiger partial charge in [-0.05, 0) is 54.5 Å². The summed E-state index contributed by atoms with van der Waals surface area (Å²) in [6.07, 6.45) is 2.82. The highest BCUT2D eigenvalue weighted by atomic mass is 127. The molecule has 2 aromatic carbocycles. The van der Waals surface area contributed by atoms with Crippen molar-refractivity contribution in [3.05, 3.63) is 59.2 Å². The van der Waals surface area contributed by atoms with Crippen molar-refractivity contribution in [2.24, 2.45) is 10.1 Å². The van der Waals surface area contributed by atoms with Crippen LogP contribution in [-0.4, -0.2) is 34.2 Å². The van der Waals surface area contributed by atoms with Crippen LogP contribution in [0.2, 0.25) is 0 Å². The molecular weight excluding hydrogens is 507 g/mol. The molecule has 0 atom stereocenters. The second kappa shape index (κ2) is 11.6. The molecule has 0 saturated carbocycles. The number of rotatable bonds is 7. The Bertz CT molecular complexity index is 901. The quantitative estimate of drug-likeness (QED) is 0.220. The van der Waals surface area contributed by atoms with Crippen LogP contribution in [0.4, 0.5) is 0 Å². The average molecular weight is 534 g/mol. The number of hydrogen-bond donors (Lipinski definition) is 3. The molecule has 0 heterocycles. The first-order valence-electron chi connectivity index (χ1n) is 8.53. The van der Waals surface area contributed by atoms with Crippen LogP contribution in [0.5, 0.6) is 0 Å². The van der Waals surface area contributed by atoms with Crippen molar-refractivity contribution in [1.29, 1.82) is 0 Å². The third kappa shape index (κ3) is 7.61. The minimum absolute atomic E-state index is 0. The van der Waals surface area contributed by atoms with E-state index in [0.717, 1.165) is 17.9 Å². The Hall–Kier alpha value is -1.30. The molecule has 0 aromatic heterocycles. The van der Waals surface area contributed by atoms with Crippen LogP contribution in [0.3, 0.4) is 0 Å².